The van der Waals surface area contributed by atoms with Gasteiger partial charge in [-0.05, 0) is 12.8 Å². The van der Waals surface area contributed by atoms with E-state index in [0.29, 0.717) is 19.6 Å². The van der Waals surface area contributed by atoms with Gasteiger partial charge in [-0.3, -0.25) is 14.5 Å². The Hall–Kier alpha value is -1.63. The second-order valence-corrected chi connectivity index (χ2v) is 4.16. The molecule has 0 radical (unpaired) electrons. The van der Waals surface area contributed by atoms with Crippen LogP contribution in [-0.4, -0.2) is 53.2 Å². The lowest BCUT2D eigenvalue weighted by Crippen LogP contribution is -2.41. The molecular formula is C10H14N2O5. The van der Waals surface area contributed by atoms with Gasteiger partial charge < -0.3 is 15.2 Å². The van der Waals surface area contributed by atoms with Crippen molar-refractivity contribution in [1.82, 2.24) is 10.2 Å². The number of nitrogens with zero attached hydrogens (tertiary/aromatic N) is 1. The summed E-state index contributed by atoms with van der Waals surface area (Å²) in [7, 11) is 0. The van der Waals surface area contributed by atoms with Gasteiger partial charge in [-0.1, -0.05) is 0 Å². The number of carboxylic acids is 1. The summed E-state index contributed by atoms with van der Waals surface area (Å²) in [4.78, 5) is 35.1. The topological polar surface area (TPSA) is 95.9 Å². The Morgan fingerprint density at radius 2 is 2.29 bits per heavy atom. The van der Waals surface area contributed by atoms with Gasteiger partial charge in [0.2, 0.25) is 0 Å². The molecule has 2 N–H and O–H groups in total. The summed E-state index contributed by atoms with van der Waals surface area (Å²) in [6, 6.07) is -1.36. The molecule has 2 heterocycles. The van der Waals surface area contributed by atoms with E-state index in [-0.39, 0.29) is 24.8 Å². The summed E-state index contributed by atoms with van der Waals surface area (Å²) in [5.74, 6) is -1.32. The molecule has 0 spiro atoms. The van der Waals surface area contributed by atoms with Crippen molar-refractivity contribution in [3.05, 3.63) is 0 Å². The predicted octanol–water partition coefficient (Wildman–Crippen LogP) is -0.440. The van der Waals surface area contributed by atoms with E-state index < -0.39 is 18.0 Å². The van der Waals surface area contributed by atoms with Crippen LogP contribution in [0.4, 0.5) is 4.79 Å². The van der Waals surface area contributed by atoms with Crippen LogP contribution in [0.25, 0.3) is 0 Å². The maximum absolute atomic E-state index is 11.9. The van der Waals surface area contributed by atoms with Gasteiger partial charge in [0.05, 0.1) is 12.6 Å². The number of carbonyl (C=O) groups is 3. The maximum Gasteiger partial charge on any atom is 0.325 e. The zero-order valence-electron chi connectivity index (χ0n) is 9.22. The van der Waals surface area contributed by atoms with Gasteiger partial charge in [-0.2, -0.15) is 0 Å². The lowest BCUT2D eigenvalue weighted by Gasteiger charge is -2.18. The van der Waals surface area contributed by atoms with Crippen LogP contribution in [0.3, 0.4) is 0 Å². The fourth-order valence-electron chi connectivity index (χ4n) is 2.08. The Morgan fingerprint density at radius 1 is 1.53 bits per heavy atom. The fraction of sp³-hybridized carbons (Fsp3) is 0.700. The second-order valence-electron chi connectivity index (χ2n) is 4.16. The highest BCUT2D eigenvalue weighted by atomic mass is 16.5. The van der Waals surface area contributed by atoms with Crippen LogP contribution in [0.5, 0.6) is 0 Å². The molecule has 0 aromatic rings. The molecule has 0 saturated carbocycles. The highest BCUT2D eigenvalue weighted by Gasteiger charge is 2.42. The van der Waals surface area contributed by atoms with Gasteiger partial charge in [-0.25, -0.2) is 4.79 Å². The average Bonchev–Trinajstić information content (AvgIpc) is 2.84. The van der Waals surface area contributed by atoms with Gasteiger partial charge in [0.1, 0.15) is 6.04 Å². The molecule has 0 aromatic heterocycles. The second kappa shape index (κ2) is 4.70. The summed E-state index contributed by atoms with van der Waals surface area (Å²) in [5, 5.41) is 11.1. The summed E-state index contributed by atoms with van der Waals surface area (Å²) in [6.45, 7) is 0.909. The number of nitrogens with one attached hydrogen (secondary N) is 1. The molecule has 0 bridgehead atoms. The van der Waals surface area contributed by atoms with E-state index in [0.717, 1.165) is 0 Å². The van der Waals surface area contributed by atoms with E-state index in [9.17, 15) is 14.4 Å². The summed E-state index contributed by atoms with van der Waals surface area (Å²) in [5.41, 5.74) is 0. The van der Waals surface area contributed by atoms with Crippen LogP contribution in [0.2, 0.25) is 0 Å². The van der Waals surface area contributed by atoms with Crippen molar-refractivity contribution in [3.8, 4) is 0 Å². The molecule has 2 saturated heterocycles. The maximum atomic E-state index is 11.9. The van der Waals surface area contributed by atoms with Crippen molar-refractivity contribution in [2.75, 3.05) is 13.2 Å². The van der Waals surface area contributed by atoms with Gasteiger partial charge in [0, 0.05) is 13.0 Å². The van der Waals surface area contributed by atoms with E-state index in [2.05, 4.69) is 5.32 Å². The number of rotatable bonds is 4. The van der Waals surface area contributed by atoms with Crippen molar-refractivity contribution < 1.29 is 24.2 Å². The molecule has 2 rings (SSSR count). The average molecular weight is 242 g/mol. The summed E-state index contributed by atoms with van der Waals surface area (Å²) in [6.07, 6.45) is 0.639. The van der Waals surface area contributed by atoms with Crippen molar-refractivity contribution in [2.24, 2.45) is 0 Å². The molecule has 17 heavy (non-hydrogen) atoms. The van der Waals surface area contributed by atoms with E-state index in [1.165, 1.54) is 4.90 Å². The first-order chi connectivity index (χ1) is 8.09. The smallest absolute Gasteiger partial charge is 0.325 e. The molecule has 2 aliphatic heterocycles. The van der Waals surface area contributed by atoms with Crippen molar-refractivity contribution in [3.63, 3.8) is 0 Å². The van der Waals surface area contributed by atoms with E-state index in [4.69, 9.17) is 9.84 Å². The molecule has 94 valence electrons. The highest BCUT2D eigenvalue weighted by Crippen LogP contribution is 2.19. The third kappa shape index (κ3) is 2.38. The minimum Gasteiger partial charge on any atom is -0.481 e. The molecule has 7 heteroatoms. The monoisotopic (exact) mass is 242 g/mol. The Labute approximate surface area is 97.7 Å². The minimum absolute atomic E-state index is 0.129. The fourth-order valence-corrected chi connectivity index (χ4v) is 2.08. The number of ether oxygens (including phenoxy) is 1. The molecule has 2 unspecified atom stereocenters. The van der Waals surface area contributed by atoms with Crippen LogP contribution in [0.1, 0.15) is 19.3 Å². The Bertz CT molecular complexity index is 351. The lowest BCUT2D eigenvalue weighted by molar-refractivity contribution is -0.137. The van der Waals surface area contributed by atoms with Crippen LogP contribution < -0.4 is 5.32 Å². The zero-order chi connectivity index (χ0) is 12.4. The van der Waals surface area contributed by atoms with E-state index >= 15 is 0 Å². The zero-order valence-corrected chi connectivity index (χ0v) is 9.22. The molecule has 0 aliphatic carbocycles. The molecule has 7 nitrogen and oxygen atoms in total. The van der Waals surface area contributed by atoms with Crippen molar-refractivity contribution >= 4 is 17.9 Å². The third-order valence-corrected chi connectivity index (χ3v) is 2.97. The number of aliphatic carboxylic acids is 1. The number of amides is 3. The normalized spacial score (nSPS) is 28.6. The van der Waals surface area contributed by atoms with Crippen LogP contribution in [0.15, 0.2) is 0 Å². The summed E-state index contributed by atoms with van der Waals surface area (Å²) < 4.78 is 5.13. The largest absolute Gasteiger partial charge is 0.481 e. The van der Waals surface area contributed by atoms with E-state index in [1.807, 2.05) is 0 Å². The number of imide groups is 1. The van der Waals surface area contributed by atoms with Crippen LogP contribution >= 0.6 is 0 Å². The molecule has 2 fully saturated rings. The number of urea groups is 1. The van der Waals surface area contributed by atoms with Gasteiger partial charge >= 0.3 is 12.0 Å². The van der Waals surface area contributed by atoms with Crippen LogP contribution in [0, 0.1) is 0 Å². The quantitative estimate of drug-likeness (QED) is 0.651. The standard InChI is InChI=1S/C10H14N2O5/c13-8(14)2-1-7-9(15)12(10(16)11-7)6-3-4-17-5-6/h6-7H,1-5H2,(H,11,16)(H,13,14). The van der Waals surface area contributed by atoms with Crippen molar-refractivity contribution in [1.29, 1.82) is 0 Å². The first-order valence-corrected chi connectivity index (χ1v) is 5.52. The van der Waals surface area contributed by atoms with Gasteiger partial charge in [0.25, 0.3) is 5.91 Å². The van der Waals surface area contributed by atoms with E-state index in [1.54, 1.807) is 0 Å². The molecule has 3 amide bonds. The number of hydrogen-bond donors (Lipinski definition) is 2. The van der Waals surface area contributed by atoms with Gasteiger partial charge in [0.15, 0.2) is 0 Å². The first kappa shape index (κ1) is 11.8. The van der Waals surface area contributed by atoms with Crippen molar-refractivity contribution in [2.45, 2.75) is 31.3 Å². The number of hydrogen-bond acceptors (Lipinski definition) is 4. The van der Waals surface area contributed by atoms with Gasteiger partial charge in [-0.15, -0.1) is 0 Å². The predicted molar refractivity (Wildman–Crippen MR) is 55.3 cm³/mol. The first-order valence-electron chi connectivity index (χ1n) is 5.52. The summed E-state index contributed by atoms with van der Waals surface area (Å²) >= 11 is 0. The molecule has 0 aromatic carbocycles. The molecule has 2 aliphatic rings. The molecular weight excluding hydrogens is 228 g/mol. The Kier molecular flexibility index (Phi) is 3.28. The minimum atomic E-state index is -0.977. The number of carbonyl (C=O) groups excluding carboxylic acids is 2. The van der Waals surface area contributed by atoms with Crippen LogP contribution in [-0.2, 0) is 14.3 Å². The Morgan fingerprint density at radius 3 is 2.88 bits per heavy atom. The molecule has 2 atom stereocenters. The lowest BCUT2D eigenvalue weighted by atomic mass is 10.1. The SMILES string of the molecule is O=C(O)CCC1NC(=O)N(C2CCOC2)C1=O. The number of carboxylic acid groups (broad SMARTS) is 1. The third-order valence-electron chi connectivity index (χ3n) is 2.97. The Balaban J connectivity index is 1.98. The highest BCUT2D eigenvalue weighted by molar-refractivity contribution is 6.04.